The molecule has 0 aromatic carbocycles. The molecule has 4 fully saturated rings. The van der Waals surface area contributed by atoms with Crippen molar-refractivity contribution in [3.8, 4) is 0 Å². The zero-order valence-corrected chi connectivity index (χ0v) is 11.4. The maximum atomic E-state index is 14.0. The van der Waals surface area contributed by atoms with Gasteiger partial charge in [0.25, 0.3) is 11.8 Å². The summed E-state index contributed by atoms with van der Waals surface area (Å²) in [4.78, 5) is 0. The summed E-state index contributed by atoms with van der Waals surface area (Å²) in [5, 5.41) is 0. The molecule has 4 saturated carbocycles. The molecule has 0 heterocycles. The van der Waals surface area contributed by atoms with Crippen LogP contribution < -0.4 is 0 Å². The van der Waals surface area contributed by atoms with E-state index in [2.05, 4.69) is 31.9 Å². The average molecular weight is 366 g/mol. The number of halogens is 6. The van der Waals surface area contributed by atoms with Crippen LogP contribution in [-0.4, -0.2) is 20.5 Å². The molecule has 0 nitrogen and oxygen atoms in total. The Kier molecular flexibility index (Phi) is 2.06. The van der Waals surface area contributed by atoms with Crippen LogP contribution in [-0.2, 0) is 0 Å². The molecule has 0 spiro atoms. The third-order valence-electron chi connectivity index (χ3n) is 4.49. The van der Waals surface area contributed by atoms with E-state index in [4.69, 9.17) is 0 Å². The van der Waals surface area contributed by atoms with Gasteiger partial charge in [0.1, 0.15) is 0 Å². The minimum Gasteiger partial charge on any atom is -0.205 e. The van der Waals surface area contributed by atoms with Crippen LogP contribution in [0.25, 0.3) is 0 Å². The molecule has 0 aromatic heterocycles. The Morgan fingerprint density at radius 3 is 1.50 bits per heavy atom. The fraction of sp³-hybridized carbons (Fsp3) is 1.00. The largest absolute Gasteiger partial charge is 0.266 e. The Balaban J connectivity index is 2.11. The summed E-state index contributed by atoms with van der Waals surface area (Å²) in [7, 11) is 0. The molecule has 92 valence electrons. The smallest absolute Gasteiger partial charge is 0.205 e. The molecule has 16 heavy (non-hydrogen) atoms. The highest BCUT2D eigenvalue weighted by Gasteiger charge is 2.79. The molecule has 0 amide bonds. The van der Waals surface area contributed by atoms with Gasteiger partial charge in [0, 0.05) is 11.8 Å². The first-order valence-electron chi connectivity index (χ1n) is 5.26. The zero-order valence-electron chi connectivity index (χ0n) is 8.25. The van der Waals surface area contributed by atoms with Crippen molar-refractivity contribution in [3.63, 3.8) is 0 Å². The maximum Gasteiger partial charge on any atom is 0.266 e. The summed E-state index contributed by atoms with van der Waals surface area (Å²) >= 11 is 6.10. The van der Waals surface area contributed by atoms with Gasteiger partial charge in [0.15, 0.2) is 0 Å². The van der Waals surface area contributed by atoms with Crippen molar-refractivity contribution in [3.05, 3.63) is 0 Å². The standard InChI is InChI=1S/C10H10Br2F4/c11-7-2-5-1-6(10(7,15)16)3-8(12,4-7)9(5,13)14/h5-6H,1-4H2. The topological polar surface area (TPSA) is 0 Å². The summed E-state index contributed by atoms with van der Waals surface area (Å²) in [6.45, 7) is 0. The fourth-order valence-corrected chi connectivity index (χ4v) is 6.43. The number of rotatable bonds is 0. The van der Waals surface area contributed by atoms with Crippen LogP contribution in [0.5, 0.6) is 0 Å². The summed E-state index contributed by atoms with van der Waals surface area (Å²) in [6.07, 6.45) is -0.513. The van der Waals surface area contributed by atoms with E-state index in [1.807, 2.05) is 0 Å². The lowest BCUT2D eigenvalue weighted by Gasteiger charge is -2.64. The molecule has 4 atom stereocenters. The molecule has 0 aliphatic heterocycles. The molecule has 4 bridgehead atoms. The molecule has 4 unspecified atom stereocenters. The van der Waals surface area contributed by atoms with Crippen LogP contribution in [0.2, 0.25) is 0 Å². The fourth-order valence-electron chi connectivity index (χ4n) is 3.67. The third-order valence-corrected chi connectivity index (χ3v) is 6.76. The van der Waals surface area contributed by atoms with Gasteiger partial charge in [-0.3, -0.25) is 0 Å². The van der Waals surface area contributed by atoms with Gasteiger partial charge in [-0.25, -0.2) is 17.6 Å². The van der Waals surface area contributed by atoms with E-state index in [0.717, 1.165) is 0 Å². The molecule has 4 aliphatic rings. The lowest BCUT2D eigenvalue weighted by atomic mass is 9.52. The SMILES string of the molecule is FC1(F)C2CC3CC1(Br)CC(Br)(C2)C3(F)F. The summed E-state index contributed by atoms with van der Waals surface area (Å²) in [5.74, 6) is -7.56. The first-order chi connectivity index (χ1) is 7.12. The van der Waals surface area contributed by atoms with Crippen molar-refractivity contribution in [2.45, 2.75) is 46.2 Å². The van der Waals surface area contributed by atoms with Crippen molar-refractivity contribution in [1.82, 2.24) is 0 Å². The van der Waals surface area contributed by atoms with Crippen LogP contribution >= 0.6 is 31.9 Å². The van der Waals surface area contributed by atoms with Gasteiger partial charge in [0.05, 0.1) is 8.65 Å². The van der Waals surface area contributed by atoms with Gasteiger partial charge in [0.2, 0.25) is 0 Å². The second kappa shape index (κ2) is 2.81. The van der Waals surface area contributed by atoms with E-state index in [1.165, 1.54) is 0 Å². The van der Waals surface area contributed by atoms with Crippen LogP contribution in [0, 0.1) is 11.8 Å². The van der Waals surface area contributed by atoms with E-state index in [0.29, 0.717) is 0 Å². The minimum atomic E-state index is -2.86. The lowest BCUT2D eigenvalue weighted by molar-refractivity contribution is -0.250. The molecule has 0 saturated heterocycles. The maximum absolute atomic E-state index is 14.0. The van der Waals surface area contributed by atoms with Crippen LogP contribution in [0.4, 0.5) is 17.6 Å². The van der Waals surface area contributed by atoms with Crippen LogP contribution in [0.3, 0.4) is 0 Å². The molecule has 0 aromatic rings. The molecule has 4 aliphatic carbocycles. The van der Waals surface area contributed by atoms with Crippen molar-refractivity contribution in [1.29, 1.82) is 0 Å². The second-order valence-electron chi connectivity index (χ2n) is 5.39. The number of alkyl halides is 6. The summed E-state index contributed by atoms with van der Waals surface area (Å²) in [6, 6.07) is 0. The summed E-state index contributed by atoms with van der Waals surface area (Å²) in [5.41, 5.74) is 0. The Morgan fingerprint density at radius 1 is 0.812 bits per heavy atom. The van der Waals surface area contributed by atoms with Crippen LogP contribution in [0.15, 0.2) is 0 Å². The average Bonchev–Trinajstić information content (AvgIpc) is 2.07. The van der Waals surface area contributed by atoms with Crippen molar-refractivity contribution in [2.24, 2.45) is 11.8 Å². The Labute approximate surface area is 107 Å². The summed E-state index contributed by atoms with van der Waals surface area (Å²) < 4.78 is 53.1. The van der Waals surface area contributed by atoms with Crippen molar-refractivity contribution in [2.75, 3.05) is 0 Å². The molecule has 0 radical (unpaired) electrons. The van der Waals surface area contributed by atoms with Gasteiger partial charge in [-0.2, -0.15) is 0 Å². The highest BCUT2D eigenvalue weighted by Crippen LogP contribution is 2.72. The molecule has 6 heteroatoms. The van der Waals surface area contributed by atoms with Crippen molar-refractivity contribution >= 4 is 31.9 Å². The van der Waals surface area contributed by atoms with E-state index >= 15 is 0 Å². The highest BCUT2D eigenvalue weighted by molar-refractivity contribution is 9.10. The highest BCUT2D eigenvalue weighted by atomic mass is 79.9. The molecular weight excluding hydrogens is 356 g/mol. The number of hydrogen-bond donors (Lipinski definition) is 0. The van der Waals surface area contributed by atoms with E-state index in [-0.39, 0.29) is 25.7 Å². The second-order valence-corrected chi connectivity index (χ2v) is 8.43. The third kappa shape index (κ3) is 1.07. The first-order valence-corrected chi connectivity index (χ1v) is 6.84. The van der Waals surface area contributed by atoms with Gasteiger partial charge in [-0.1, -0.05) is 31.9 Å². The van der Waals surface area contributed by atoms with E-state index in [9.17, 15) is 17.6 Å². The Hall–Kier alpha value is 0.680. The predicted molar refractivity (Wildman–Crippen MR) is 58.7 cm³/mol. The quantitative estimate of drug-likeness (QED) is 0.442. The monoisotopic (exact) mass is 364 g/mol. The first kappa shape index (κ1) is 11.8. The van der Waals surface area contributed by atoms with E-state index in [1.54, 1.807) is 0 Å². The predicted octanol–water partition coefficient (Wildman–Crippen LogP) is 4.36. The lowest BCUT2D eigenvalue weighted by Crippen LogP contribution is -2.73. The molecular formula is C10H10Br2F4. The molecule has 4 rings (SSSR count). The Morgan fingerprint density at radius 2 is 1.19 bits per heavy atom. The van der Waals surface area contributed by atoms with Gasteiger partial charge in [-0.15, -0.1) is 0 Å². The van der Waals surface area contributed by atoms with Crippen molar-refractivity contribution < 1.29 is 17.6 Å². The zero-order chi connectivity index (χ0) is 12.0. The van der Waals surface area contributed by atoms with Crippen LogP contribution in [0.1, 0.15) is 25.7 Å². The van der Waals surface area contributed by atoms with Gasteiger partial charge < -0.3 is 0 Å². The van der Waals surface area contributed by atoms with E-state index < -0.39 is 32.3 Å². The minimum absolute atomic E-state index is 0.0549. The normalized spacial score (nSPS) is 56.6. The Bertz CT molecular complexity index is 327. The number of hydrogen-bond acceptors (Lipinski definition) is 0. The molecule has 0 N–H and O–H groups in total. The van der Waals surface area contributed by atoms with Gasteiger partial charge in [-0.05, 0) is 25.7 Å². The van der Waals surface area contributed by atoms with Gasteiger partial charge >= 0.3 is 0 Å².